The largest absolute Gasteiger partial charge is 0.383 e. The van der Waals surface area contributed by atoms with Crippen molar-refractivity contribution in [3.63, 3.8) is 0 Å². The maximum absolute atomic E-state index is 12.6. The number of carbonyl (C=O) groups is 2. The van der Waals surface area contributed by atoms with Crippen molar-refractivity contribution in [3.8, 4) is 0 Å². The third-order valence-corrected chi connectivity index (χ3v) is 3.51. The smallest absolute Gasteiger partial charge is 0.254 e. The Labute approximate surface area is 119 Å². The third kappa shape index (κ3) is 3.57. The highest BCUT2D eigenvalue weighted by Gasteiger charge is 2.26. The zero-order chi connectivity index (χ0) is 15.3. The molecule has 5 nitrogen and oxygen atoms in total. The van der Waals surface area contributed by atoms with Crippen LogP contribution >= 0.6 is 0 Å². The number of benzene rings is 1. The summed E-state index contributed by atoms with van der Waals surface area (Å²) in [4.78, 5) is 25.5. The SMILES string of the molecule is COCCN(C(=O)c1cccc(C)c1C)[C@H](C)C(N)=O. The summed E-state index contributed by atoms with van der Waals surface area (Å²) in [5.74, 6) is -0.727. The molecule has 0 saturated heterocycles. The number of amides is 2. The molecule has 1 atom stereocenters. The van der Waals surface area contributed by atoms with Gasteiger partial charge in [-0.1, -0.05) is 12.1 Å². The number of primary amides is 1. The minimum atomic E-state index is -0.669. The molecule has 2 amide bonds. The van der Waals surface area contributed by atoms with Crippen molar-refractivity contribution >= 4 is 11.8 Å². The number of ether oxygens (including phenoxy) is 1. The molecule has 0 aromatic heterocycles. The lowest BCUT2D eigenvalue weighted by molar-refractivity contribution is -0.122. The Morgan fingerprint density at radius 2 is 2.00 bits per heavy atom. The van der Waals surface area contributed by atoms with E-state index in [9.17, 15) is 9.59 Å². The van der Waals surface area contributed by atoms with E-state index in [4.69, 9.17) is 10.5 Å². The highest BCUT2D eigenvalue weighted by molar-refractivity contribution is 5.98. The number of methoxy groups -OCH3 is 1. The Balaban J connectivity index is 3.09. The van der Waals surface area contributed by atoms with Crippen molar-refractivity contribution in [3.05, 3.63) is 34.9 Å². The van der Waals surface area contributed by atoms with Gasteiger partial charge >= 0.3 is 0 Å². The normalized spacial score (nSPS) is 12.0. The number of nitrogens with two attached hydrogens (primary N) is 1. The first-order chi connectivity index (χ1) is 9.40. The molecule has 1 aromatic rings. The van der Waals surface area contributed by atoms with Gasteiger partial charge in [0.05, 0.1) is 6.61 Å². The van der Waals surface area contributed by atoms with Crippen LogP contribution in [0.25, 0.3) is 0 Å². The fourth-order valence-electron chi connectivity index (χ4n) is 1.95. The van der Waals surface area contributed by atoms with E-state index in [1.165, 1.54) is 4.90 Å². The first-order valence-electron chi connectivity index (χ1n) is 6.55. The van der Waals surface area contributed by atoms with E-state index < -0.39 is 11.9 Å². The molecule has 0 bridgehead atoms. The predicted molar refractivity (Wildman–Crippen MR) is 77.5 cm³/mol. The highest BCUT2D eigenvalue weighted by Crippen LogP contribution is 2.16. The second-order valence-corrected chi connectivity index (χ2v) is 4.82. The zero-order valence-electron chi connectivity index (χ0n) is 12.5. The van der Waals surface area contributed by atoms with Crippen LogP contribution in [0.1, 0.15) is 28.4 Å². The second kappa shape index (κ2) is 7.05. The van der Waals surface area contributed by atoms with Crippen molar-refractivity contribution in [1.29, 1.82) is 0 Å². The average Bonchev–Trinajstić information content (AvgIpc) is 2.41. The highest BCUT2D eigenvalue weighted by atomic mass is 16.5. The Bertz CT molecular complexity index is 500. The summed E-state index contributed by atoms with van der Waals surface area (Å²) in [6, 6.07) is 4.87. The van der Waals surface area contributed by atoms with Gasteiger partial charge in [-0.15, -0.1) is 0 Å². The van der Waals surface area contributed by atoms with Gasteiger partial charge in [0.1, 0.15) is 6.04 Å². The van der Waals surface area contributed by atoms with E-state index in [2.05, 4.69) is 0 Å². The molecule has 0 fully saturated rings. The molecule has 0 aliphatic heterocycles. The zero-order valence-corrected chi connectivity index (χ0v) is 12.5. The molecule has 0 spiro atoms. The van der Waals surface area contributed by atoms with Crippen molar-refractivity contribution in [2.45, 2.75) is 26.8 Å². The molecule has 2 N–H and O–H groups in total. The van der Waals surface area contributed by atoms with Gasteiger partial charge in [0.2, 0.25) is 5.91 Å². The molecular formula is C15H22N2O3. The van der Waals surface area contributed by atoms with Crippen molar-refractivity contribution in [2.75, 3.05) is 20.3 Å². The summed E-state index contributed by atoms with van der Waals surface area (Å²) in [5, 5.41) is 0. The fraction of sp³-hybridized carbons (Fsp3) is 0.467. The van der Waals surface area contributed by atoms with E-state index in [0.29, 0.717) is 18.7 Å². The third-order valence-electron chi connectivity index (χ3n) is 3.51. The minimum absolute atomic E-state index is 0.199. The summed E-state index contributed by atoms with van der Waals surface area (Å²) in [6.07, 6.45) is 0. The average molecular weight is 278 g/mol. The minimum Gasteiger partial charge on any atom is -0.383 e. The molecule has 0 unspecified atom stereocenters. The number of aryl methyl sites for hydroxylation is 1. The molecular weight excluding hydrogens is 256 g/mol. The van der Waals surface area contributed by atoms with Crippen LogP contribution in [0, 0.1) is 13.8 Å². The molecule has 20 heavy (non-hydrogen) atoms. The summed E-state index contributed by atoms with van der Waals surface area (Å²) in [5.41, 5.74) is 7.86. The van der Waals surface area contributed by atoms with E-state index in [-0.39, 0.29) is 5.91 Å². The summed E-state index contributed by atoms with van der Waals surface area (Å²) in [7, 11) is 1.55. The van der Waals surface area contributed by atoms with E-state index >= 15 is 0 Å². The van der Waals surface area contributed by atoms with Crippen LogP contribution in [-0.4, -0.2) is 43.0 Å². The summed E-state index contributed by atoms with van der Waals surface area (Å²) < 4.78 is 5.00. The number of hydrogen-bond acceptors (Lipinski definition) is 3. The lowest BCUT2D eigenvalue weighted by atomic mass is 10.0. The lowest BCUT2D eigenvalue weighted by Crippen LogP contribution is -2.47. The molecule has 0 radical (unpaired) electrons. The van der Waals surface area contributed by atoms with Gasteiger partial charge in [-0.25, -0.2) is 0 Å². The monoisotopic (exact) mass is 278 g/mol. The summed E-state index contributed by atoms with van der Waals surface area (Å²) in [6.45, 7) is 6.15. The number of rotatable bonds is 6. The molecule has 0 saturated carbocycles. The van der Waals surface area contributed by atoms with E-state index in [1.54, 1.807) is 20.1 Å². The Morgan fingerprint density at radius 1 is 1.35 bits per heavy atom. The van der Waals surface area contributed by atoms with Gasteiger partial charge in [-0.3, -0.25) is 9.59 Å². The molecule has 0 heterocycles. The van der Waals surface area contributed by atoms with E-state index in [1.807, 2.05) is 26.0 Å². The van der Waals surface area contributed by atoms with Crippen LogP contribution in [0.2, 0.25) is 0 Å². The molecule has 5 heteroatoms. The van der Waals surface area contributed by atoms with Gasteiger partial charge in [0.15, 0.2) is 0 Å². The maximum atomic E-state index is 12.6. The Morgan fingerprint density at radius 3 is 2.55 bits per heavy atom. The topological polar surface area (TPSA) is 72.6 Å². The van der Waals surface area contributed by atoms with Crippen molar-refractivity contribution in [2.24, 2.45) is 5.73 Å². The van der Waals surface area contributed by atoms with Crippen molar-refractivity contribution in [1.82, 2.24) is 4.90 Å². The fourth-order valence-corrected chi connectivity index (χ4v) is 1.95. The standard InChI is InChI=1S/C15H22N2O3/c1-10-6-5-7-13(11(10)2)15(19)17(8-9-20-4)12(3)14(16)18/h5-7,12H,8-9H2,1-4H3,(H2,16,18)/t12-/m1/s1. The second-order valence-electron chi connectivity index (χ2n) is 4.82. The number of hydrogen-bond donors (Lipinski definition) is 1. The molecule has 1 aromatic carbocycles. The lowest BCUT2D eigenvalue weighted by Gasteiger charge is -2.27. The maximum Gasteiger partial charge on any atom is 0.254 e. The van der Waals surface area contributed by atoms with E-state index in [0.717, 1.165) is 11.1 Å². The van der Waals surface area contributed by atoms with Crippen LogP contribution in [0.4, 0.5) is 0 Å². The first kappa shape index (κ1) is 16.2. The van der Waals surface area contributed by atoms with Crippen LogP contribution < -0.4 is 5.73 Å². The van der Waals surface area contributed by atoms with Crippen molar-refractivity contribution < 1.29 is 14.3 Å². The van der Waals surface area contributed by atoms with Gasteiger partial charge in [-0.05, 0) is 38.0 Å². The Kier molecular flexibility index (Phi) is 5.70. The van der Waals surface area contributed by atoms with Gasteiger partial charge in [0, 0.05) is 19.2 Å². The van der Waals surface area contributed by atoms with Crippen LogP contribution in [-0.2, 0) is 9.53 Å². The molecule has 110 valence electrons. The summed E-state index contributed by atoms with van der Waals surface area (Å²) >= 11 is 0. The molecule has 0 aliphatic carbocycles. The van der Waals surface area contributed by atoms with Gasteiger partial charge in [-0.2, -0.15) is 0 Å². The molecule has 1 rings (SSSR count). The quantitative estimate of drug-likeness (QED) is 0.851. The first-order valence-corrected chi connectivity index (χ1v) is 6.55. The Hall–Kier alpha value is -1.88. The van der Waals surface area contributed by atoms with Crippen LogP contribution in [0.5, 0.6) is 0 Å². The van der Waals surface area contributed by atoms with Crippen LogP contribution in [0.3, 0.4) is 0 Å². The number of carbonyl (C=O) groups excluding carboxylic acids is 2. The molecule has 0 aliphatic rings. The number of nitrogens with zero attached hydrogens (tertiary/aromatic N) is 1. The predicted octanol–water partition coefficient (Wildman–Crippen LogP) is 1.27. The van der Waals surface area contributed by atoms with Crippen LogP contribution in [0.15, 0.2) is 18.2 Å². The van der Waals surface area contributed by atoms with Gasteiger partial charge < -0.3 is 15.4 Å². The van der Waals surface area contributed by atoms with Gasteiger partial charge in [0.25, 0.3) is 5.91 Å².